The van der Waals surface area contributed by atoms with E-state index >= 15 is 0 Å². The Morgan fingerprint density at radius 3 is 0.820 bits per heavy atom. The molecule has 5 atom stereocenters. The molecule has 0 rings (SSSR count). The molecule has 0 heterocycles. The minimum atomic E-state index is -4.97. The van der Waals surface area contributed by atoms with Crippen LogP contribution in [-0.4, -0.2) is 96.7 Å². The van der Waals surface area contributed by atoms with E-state index in [4.69, 9.17) is 37.0 Å². The topological polar surface area (TPSA) is 237 Å². The Balaban J connectivity index is 5.25. The van der Waals surface area contributed by atoms with E-state index in [-0.39, 0.29) is 25.7 Å². The Kier molecular flexibility index (Phi) is 71.6. The van der Waals surface area contributed by atoms with Crippen molar-refractivity contribution in [1.29, 1.82) is 0 Å². The fourth-order valence-electron chi connectivity index (χ4n) is 12.0. The zero-order chi connectivity index (χ0) is 73.4. The van der Waals surface area contributed by atoms with Crippen LogP contribution in [0.15, 0.2) is 24.3 Å². The lowest BCUT2D eigenvalue weighted by Gasteiger charge is -2.21. The van der Waals surface area contributed by atoms with Gasteiger partial charge in [0.25, 0.3) is 0 Å². The molecule has 0 bridgehead atoms. The molecule has 17 nitrogen and oxygen atoms in total. The molecular weight excluding hydrogens is 1310 g/mol. The molecule has 0 aliphatic heterocycles. The van der Waals surface area contributed by atoms with Gasteiger partial charge < -0.3 is 33.8 Å². The lowest BCUT2D eigenvalue weighted by molar-refractivity contribution is -0.161. The van der Waals surface area contributed by atoms with Gasteiger partial charge in [0, 0.05) is 25.7 Å². The summed E-state index contributed by atoms with van der Waals surface area (Å²) in [6.07, 6.45) is 67.3. The van der Waals surface area contributed by atoms with Gasteiger partial charge in [0.2, 0.25) is 0 Å². The van der Waals surface area contributed by atoms with E-state index in [9.17, 15) is 43.2 Å². The van der Waals surface area contributed by atoms with Crippen LogP contribution in [0.3, 0.4) is 0 Å². The fraction of sp³-hybridized carbons (Fsp3) is 0.901. The highest BCUT2D eigenvalue weighted by molar-refractivity contribution is 7.47. The van der Waals surface area contributed by atoms with Crippen molar-refractivity contribution in [1.82, 2.24) is 0 Å². The molecule has 0 aliphatic carbocycles. The van der Waals surface area contributed by atoms with E-state index < -0.39 is 97.5 Å². The Labute approximate surface area is 612 Å². The molecule has 19 heteroatoms. The van der Waals surface area contributed by atoms with Gasteiger partial charge in [0.1, 0.15) is 19.3 Å². The molecule has 100 heavy (non-hydrogen) atoms. The summed E-state index contributed by atoms with van der Waals surface area (Å²) in [4.78, 5) is 73.0. The molecule has 0 amide bonds. The van der Waals surface area contributed by atoms with Crippen LogP contribution in [0.25, 0.3) is 0 Å². The average molecular weight is 1460 g/mol. The second-order valence-corrected chi connectivity index (χ2v) is 31.9. The minimum Gasteiger partial charge on any atom is -0.462 e. The molecule has 0 aliphatic rings. The van der Waals surface area contributed by atoms with Crippen molar-refractivity contribution in [2.75, 3.05) is 39.6 Å². The van der Waals surface area contributed by atoms with Crippen LogP contribution < -0.4 is 0 Å². The van der Waals surface area contributed by atoms with Gasteiger partial charge in [-0.3, -0.25) is 37.3 Å². The second-order valence-electron chi connectivity index (χ2n) is 29.0. The number of phosphoric ester groups is 2. The van der Waals surface area contributed by atoms with Crippen molar-refractivity contribution in [3.8, 4) is 0 Å². The first-order valence-corrected chi connectivity index (χ1v) is 44.4. The lowest BCUT2D eigenvalue weighted by atomic mass is 10.0. The predicted molar refractivity (Wildman–Crippen MR) is 409 cm³/mol. The normalized spacial score (nSPS) is 14.0. The number of ether oxygens (including phenoxy) is 4. The average Bonchev–Trinajstić information content (AvgIpc) is 0.981. The fourth-order valence-corrected chi connectivity index (χ4v) is 13.6. The third-order valence-electron chi connectivity index (χ3n) is 18.4. The molecule has 0 fully saturated rings. The van der Waals surface area contributed by atoms with Crippen LogP contribution in [-0.2, 0) is 65.4 Å². The highest BCUT2D eigenvalue weighted by Crippen LogP contribution is 2.45. The number of allylic oxidation sites excluding steroid dienone is 4. The van der Waals surface area contributed by atoms with Gasteiger partial charge in [0.05, 0.1) is 26.4 Å². The molecule has 590 valence electrons. The van der Waals surface area contributed by atoms with E-state index in [1.54, 1.807) is 0 Å². The zero-order valence-electron chi connectivity index (χ0n) is 64.8. The molecule has 0 spiro atoms. The molecule has 2 unspecified atom stereocenters. The SMILES string of the molecule is CCCCCC/C=C\C=C/CCCCCCCC(=O)OC[C@H](COP(=O)(O)OC[C@@H](O)COP(=O)(O)OC[C@@H](COC(=O)CCCCCCCCCCCCCC)OC(=O)CCCCCCCCCCCCCC)OC(=O)CCCCCCCCCCCCCCCCCCCCC(C)C. The molecular formula is C81H154O17P2. The first-order valence-electron chi connectivity index (χ1n) is 41.5. The van der Waals surface area contributed by atoms with Crippen LogP contribution in [0.1, 0.15) is 407 Å². The highest BCUT2D eigenvalue weighted by atomic mass is 31.2. The Hall–Kier alpha value is -2.46. The first kappa shape index (κ1) is 97.5. The maximum atomic E-state index is 13.1. The predicted octanol–water partition coefficient (Wildman–Crippen LogP) is 24.0. The van der Waals surface area contributed by atoms with Crippen molar-refractivity contribution in [2.24, 2.45) is 5.92 Å². The number of hydrogen-bond donors (Lipinski definition) is 3. The number of esters is 4. The molecule has 0 radical (unpaired) electrons. The largest absolute Gasteiger partial charge is 0.472 e. The number of carbonyl (C=O) groups is 4. The lowest BCUT2D eigenvalue weighted by Crippen LogP contribution is -2.30. The summed E-state index contributed by atoms with van der Waals surface area (Å²) in [5, 5.41) is 10.6. The van der Waals surface area contributed by atoms with Crippen molar-refractivity contribution in [3.05, 3.63) is 24.3 Å². The monoisotopic (exact) mass is 1460 g/mol. The quantitative estimate of drug-likeness (QED) is 0.0169. The number of phosphoric acid groups is 2. The summed E-state index contributed by atoms with van der Waals surface area (Å²) in [5.41, 5.74) is 0. The van der Waals surface area contributed by atoms with E-state index in [1.165, 1.54) is 212 Å². The van der Waals surface area contributed by atoms with E-state index in [0.29, 0.717) is 25.7 Å². The zero-order valence-corrected chi connectivity index (χ0v) is 66.6. The van der Waals surface area contributed by atoms with Gasteiger partial charge in [0.15, 0.2) is 12.2 Å². The van der Waals surface area contributed by atoms with Gasteiger partial charge in [-0.1, -0.05) is 354 Å². The third kappa shape index (κ3) is 73.8. The van der Waals surface area contributed by atoms with Crippen LogP contribution in [0.5, 0.6) is 0 Å². The minimum absolute atomic E-state index is 0.102. The van der Waals surface area contributed by atoms with Crippen LogP contribution >= 0.6 is 15.6 Å². The van der Waals surface area contributed by atoms with Gasteiger partial charge >= 0.3 is 39.5 Å². The summed E-state index contributed by atoms with van der Waals surface area (Å²) in [5.74, 6) is -1.32. The third-order valence-corrected chi connectivity index (χ3v) is 20.3. The second kappa shape index (κ2) is 73.4. The summed E-state index contributed by atoms with van der Waals surface area (Å²) in [6.45, 7) is 7.30. The molecule has 0 aromatic heterocycles. The molecule has 0 saturated heterocycles. The number of unbranched alkanes of at least 4 members (excludes halogenated alkanes) is 48. The summed E-state index contributed by atoms with van der Waals surface area (Å²) >= 11 is 0. The maximum absolute atomic E-state index is 13.1. The first-order chi connectivity index (χ1) is 48.5. The number of hydrogen-bond acceptors (Lipinski definition) is 15. The number of aliphatic hydroxyl groups is 1. The van der Waals surface area contributed by atoms with Crippen LogP contribution in [0.4, 0.5) is 0 Å². The summed E-state index contributed by atoms with van der Waals surface area (Å²) < 4.78 is 68.6. The van der Waals surface area contributed by atoms with E-state index in [2.05, 4.69) is 58.9 Å². The molecule has 0 aromatic carbocycles. The van der Waals surface area contributed by atoms with Crippen molar-refractivity contribution in [3.63, 3.8) is 0 Å². The van der Waals surface area contributed by atoms with Crippen molar-refractivity contribution >= 4 is 39.5 Å². The summed E-state index contributed by atoms with van der Waals surface area (Å²) in [6, 6.07) is 0. The van der Waals surface area contributed by atoms with E-state index in [1.807, 2.05) is 0 Å². The van der Waals surface area contributed by atoms with Gasteiger partial charge in [-0.2, -0.15) is 0 Å². The molecule has 0 saturated carbocycles. The van der Waals surface area contributed by atoms with Gasteiger partial charge in [-0.05, 0) is 57.3 Å². The number of aliphatic hydroxyl groups excluding tert-OH is 1. The number of rotatable bonds is 79. The van der Waals surface area contributed by atoms with Crippen molar-refractivity contribution in [2.45, 2.75) is 425 Å². The maximum Gasteiger partial charge on any atom is 0.472 e. The van der Waals surface area contributed by atoms with Crippen LogP contribution in [0.2, 0.25) is 0 Å². The molecule has 0 aromatic rings. The Morgan fingerprint density at radius 2 is 0.540 bits per heavy atom. The van der Waals surface area contributed by atoms with Crippen molar-refractivity contribution < 1.29 is 80.2 Å². The highest BCUT2D eigenvalue weighted by Gasteiger charge is 2.30. The standard InChI is InChI=1S/C81H154O17P2/c1-6-9-12-15-18-21-24-27-32-36-41-45-50-55-60-65-79(84)92-71-77(98-81(86)67-62-57-52-47-42-37-34-31-29-28-30-33-35-38-43-48-53-58-63-74(4)5)73-96-100(89,90)94-69-75(82)68-93-99(87,88)95-72-76(97-80(85)66-61-56-51-46-40-26-23-20-17-14-11-8-3)70-91-78(83)64-59-54-49-44-39-25-22-19-16-13-10-7-2/h21,24,27,32,74-77,82H,6-20,22-23,25-26,28-31,33-73H2,1-5H3,(H,87,88)(H,89,90)/b24-21-,32-27-/t75-,76+,77+/m0/s1. The Morgan fingerprint density at radius 1 is 0.310 bits per heavy atom. The van der Waals surface area contributed by atoms with Gasteiger partial charge in [-0.15, -0.1) is 0 Å². The van der Waals surface area contributed by atoms with Crippen LogP contribution in [0, 0.1) is 5.92 Å². The Bertz CT molecular complexity index is 2000. The summed E-state index contributed by atoms with van der Waals surface area (Å²) in [7, 11) is -9.93. The van der Waals surface area contributed by atoms with Gasteiger partial charge in [-0.25, -0.2) is 9.13 Å². The molecule has 3 N–H and O–H groups in total. The smallest absolute Gasteiger partial charge is 0.462 e. The van der Waals surface area contributed by atoms with E-state index in [0.717, 1.165) is 115 Å². The number of carbonyl (C=O) groups excluding carboxylic acids is 4.